The van der Waals surface area contributed by atoms with Crippen molar-refractivity contribution in [2.75, 3.05) is 56.5 Å². The van der Waals surface area contributed by atoms with E-state index in [0.29, 0.717) is 74.9 Å². The van der Waals surface area contributed by atoms with Crippen molar-refractivity contribution in [3.8, 4) is 5.88 Å². The van der Waals surface area contributed by atoms with Crippen molar-refractivity contribution in [3.05, 3.63) is 46.9 Å². The van der Waals surface area contributed by atoms with E-state index in [-0.39, 0.29) is 23.3 Å². The molecular weight excluding hydrogens is 617 g/mol. The number of rotatable bonds is 12. The molecule has 1 aliphatic carbocycles. The average molecular weight is 660 g/mol. The van der Waals surface area contributed by atoms with E-state index in [2.05, 4.69) is 24.8 Å². The van der Waals surface area contributed by atoms with E-state index in [0.717, 1.165) is 50.0 Å². The third kappa shape index (κ3) is 7.60. The number of fused-ring (bicyclic) bond motifs is 1. The molecule has 3 fully saturated rings. The maximum atomic E-state index is 15.4. The topological polar surface area (TPSA) is 158 Å². The van der Waals surface area contributed by atoms with E-state index in [1.54, 1.807) is 23.8 Å². The van der Waals surface area contributed by atoms with Crippen molar-refractivity contribution in [1.82, 2.24) is 20.3 Å². The molecular formula is C31H42FN7O6S. The second-order valence-electron chi connectivity index (χ2n) is 12.4. The van der Waals surface area contributed by atoms with E-state index in [1.165, 1.54) is 13.2 Å². The Balaban J connectivity index is 1.28. The Morgan fingerprint density at radius 3 is 2.61 bits per heavy atom. The molecule has 4 aliphatic rings. The van der Waals surface area contributed by atoms with Crippen LogP contribution < -0.4 is 20.3 Å². The summed E-state index contributed by atoms with van der Waals surface area (Å²) in [6.45, 7) is 4.73. The van der Waals surface area contributed by atoms with E-state index in [4.69, 9.17) is 19.7 Å². The molecule has 6 rings (SSSR count). The fourth-order valence-electron chi connectivity index (χ4n) is 6.44. The van der Waals surface area contributed by atoms with Crippen LogP contribution >= 0.6 is 0 Å². The van der Waals surface area contributed by atoms with Crippen LogP contribution in [-0.4, -0.2) is 98.1 Å². The van der Waals surface area contributed by atoms with Gasteiger partial charge in [0.15, 0.2) is 6.29 Å². The standard InChI is InChI=1S/C31H42FN7O6S/c1-44-30-26(37-46(42,43)24-5-6-24)16-21(18-33-30)28-25-17-23(32)15-22(29(25)35-31(34-28)39-11-13-45-14-12-39)19-38-9-7-20(8-10-38)3-2-4-27(40)36-41/h15-18,20,24,31,35,37,41H,2-14,19H2,1H3,(H,36,40). The number of carbonyl (C=O) groups excluding carboxylic acids is 1. The van der Waals surface area contributed by atoms with Crippen LogP contribution in [0.25, 0.3) is 0 Å². The maximum absolute atomic E-state index is 15.4. The molecule has 0 radical (unpaired) electrons. The van der Waals surface area contributed by atoms with Gasteiger partial charge in [-0.15, -0.1) is 0 Å². The average Bonchev–Trinajstić information content (AvgIpc) is 3.92. The number of benzene rings is 1. The van der Waals surface area contributed by atoms with Crippen molar-refractivity contribution in [1.29, 1.82) is 0 Å². The molecule has 0 bridgehead atoms. The molecule has 15 heteroatoms. The third-order valence-electron chi connectivity index (χ3n) is 9.13. The van der Waals surface area contributed by atoms with Crippen LogP contribution in [0.4, 0.5) is 15.8 Å². The predicted octanol–water partition coefficient (Wildman–Crippen LogP) is 2.90. The highest BCUT2D eigenvalue weighted by Crippen LogP contribution is 2.36. The number of likely N-dealkylation sites (tertiary alicyclic amines) is 1. The number of anilines is 2. The summed E-state index contributed by atoms with van der Waals surface area (Å²) < 4.78 is 54.6. The number of aromatic nitrogens is 1. The number of ether oxygens (including phenoxy) is 2. The Bertz CT molecular complexity index is 1560. The fraction of sp³-hybridized carbons (Fsp3) is 0.581. The number of aliphatic imine (C=N–C) groups is 1. The summed E-state index contributed by atoms with van der Waals surface area (Å²) in [6, 6.07) is 4.70. The van der Waals surface area contributed by atoms with Gasteiger partial charge in [0, 0.05) is 43.4 Å². The van der Waals surface area contributed by atoms with Crippen molar-refractivity contribution in [3.63, 3.8) is 0 Å². The number of hydroxylamine groups is 1. The zero-order valence-corrected chi connectivity index (χ0v) is 26.8. The van der Waals surface area contributed by atoms with Crippen LogP contribution in [-0.2, 0) is 26.1 Å². The number of hydrogen-bond donors (Lipinski definition) is 4. The summed E-state index contributed by atoms with van der Waals surface area (Å²) in [5.74, 6) is -0.102. The van der Waals surface area contributed by atoms with Gasteiger partial charge in [0.1, 0.15) is 11.5 Å². The third-order valence-corrected chi connectivity index (χ3v) is 11.0. The lowest BCUT2D eigenvalue weighted by Gasteiger charge is -2.38. The van der Waals surface area contributed by atoms with E-state index >= 15 is 4.39 Å². The molecule has 0 spiro atoms. The van der Waals surface area contributed by atoms with Crippen LogP contribution in [0.3, 0.4) is 0 Å². The quantitative estimate of drug-likeness (QED) is 0.197. The first kappa shape index (κ1) is 32.6. The highest BCUT2D eigenvalue weighted by atomic mass is 32.2. The van der Waals surface area contributed by atoms with Gasteiger partial charge in [-0.2, -0.15) is 0 Å². The number of amides is 1. The monoisotopic (exact) mass is 659 g/mol. The lowest BCUT2D eigenvalue weighted by Crippen LogP contribution is -2.48. The first-order valence-electron chi connectivity index (χ1n) is 15.9. The molecule has 1 saturated carbocycles. The van der Waals surface area contributed by atoms with Crippen LogP contribution in [0.15, 0.2) is 29.4 Å². The van der Waals surface area contributed by atoms with Crippen LogP contribution in [0.1, 0.15) is 61.6 Å². The number of sulfonamides is 1. The lowest BCUT2D eigenvalue weighted by molar-refractivity contribution is -0.129. The largest absolute Gasteiger partial charge is 0.480 e. The summed E-state index contributed by atoms with van der Waals surface area (Å²) in [6.07, 6.45) is 6.29. The van der Waals surface area contributed by atoms with Gasteiger partial charge in [-0.25, -0.2) is 28.3 Å². The molecule has 1 atom stereocenters. The summed E-state index contributed by atoms with van der Waals surface area (Å²) in [7, 11) is -2.16. The second kappa shape index (κ2) is 14.2. The van der Waals surface area contributed by atoms with Gasteiger partial charge < -0.3 is 14.8 Å². The van der Waals surface area contributed by atoms with Crippen molar-refractivity contribution in [2.24, 2.45) is 10.9 Å². The number of morpholine rings is 1. The first-order chi connectivity index (χ1) is 22.2. The molecule has 1 aromatic carbocycles. The maximum Gasteiger partial charge on any atom is 0.243 e. The minimum atomic E-state index is -3.59. The molecule has 2 aromatic rings. The highest BCUT2D eigenvalue weighted by Gasteiger charge is 2.37. The molecule has 3 aliphatic heterocycles. The number of piperidine rings is 1. The molecule has 4 heterocycles. The summed E-state index contributed by atoms with van der Waals surface area (Å²) >= 11 is 0. The zero-order chi connectivity index (χ0) is 32.3. The molecule has 2 saturated heterocycles. The number of pyridine rings is 1. The SMILES string of the molecule is COc1ncc(C2=NC(N3CCOCC3)Nc3c(CN4CCC(CCCC(=O)NO)CC4)cc(F)cc32)cc1NS(=O)(=O)C1CC1. The number of halogens is 1. The minimum absolute atomic E-state index is 0.146. The first-order valence-corrected chi connectivity index (χ1v) is 17.5. The van der Waals surface area contributed by atoms with Gasteiger partial charge >= 0.3 is 0 Å². The van der Waals surface area contributed by atoms with Crippen LogP contribution in [0.2, 0.25) is 0 Å². The van der Waals surface area contributed by atoms with Gasteiger partial charge in [-0.05, 0) is 81.3 Å². The summed E-state index contributed by atoms with van der Waals surface area (Å²) in [5.41, 5.74) is 5.15. The Morgan fingerprint density at radius 2 is 1.91 bits per heavy atom. The Hall–Kier alpha value is -3.37. The summed E-state index contributed by atoms with van der Waals surface area (Å²) in [4.78, 5) is 25.3. The van der Waals surface area contributed by atoms with Crippen molar-refractivity contribution < 1.29 is 32.3 Å². The number of nitrogens with zero attached hydrogens (tertiary/aromatic N) is 4. The van der Waals surface area contributed by atoms with E-state index < -0.39 is 21.6 Å². The zero-order valence-electron chi connectivity index (χ0n) is 26.0. The van der Waals surface area contributed by atoms with Gasteiger partial charge in [-0.3, -0.25) is 24.5 Å². The van der Waals surface area contributed by atoms with E-state index in [9.17, 15) is 13.2 Å². The number of nitrogens with one attached hydrogen (secondary N) is 3. The molecule has 1 aromatic heterocycles. The molecule has 46 heavy (non-hydrogen) atoms. The molecule has 1 unspecified atom stereocenters. The van der Waals surface area contributed by atoms with Gasteiger partial charge in [0.25, 0.3) is 0 Å². The Labute approximate surface area is 268 Å². The number of methoxy groups -OCH3 is 1. The van der Waals surface area contributed by atoms with Gasteiger partial charge in [-0.1, -0.05) is 0 Å². The summed E-state index contributed by atoms with van der Waals surface area (Å²) in [5, 5.41) is 11.9. The molecule has 1 amide bonds. The fourth-order valence-corrected chi connectivity index (χ4v) is 7.81. The lowest BCUT2D eigenvalue weighted by atomic mass is 9.91. The Kier molecular flexibility index (Phi) is 10.0. The van der Waals surface area contributed by atoms with Crippen molar-refractivity contribution >= 4 is 33.0 Å². The second-order valence-corrected chi connectivity index (χ2v) is 14.4. The van der Waals surface area contributed by atoms with Crippen LogP contribution in [0, 0.1) is 11.7 Å². The van der Waals surface area contributed by atoms with Crippen molar-refractivity contribution in [2.45, 2.75) is 63.0 Å². The highest BCUT2D eigenvalue weighted by molar-refractivity contribution is 7.93. The smallest absolute Gasteiger partial charge is 0.243 e. The Morgan fingerprint density at radius 1 is 1.15 bits per heavy atom. The molecule has 13 nitrogen and oxygen atoms in total. The minimum Gasteiger partial charge on any atom is -0.480 e. The van der Waals surface area contributed by atoms with E-state index in [1.807, 2.05) is 0 Å². The molecule has 4 N–H and O–H groups in total. The van der Waals surface area contributed by atoms with Gasteiger partial charge in [0.2, 0.25) is 21.8 Å². The van der Waals surface area contributed by atoms with Crippen LogP contribution in [0.5, 0.6) is 5.88 Å². The van der Waals surface area contributed by atoms with Gasteiger partial charge in [0.05, 0.1) is 37.0 Å². The predicted molar refractivity (Wildman–Crippen MR) is 170 cm³/mol. The number of carbonyl (C=O) groups is 1. The molecule has 250 valence electrons. The normalized spacial score (nSPS) is 21.2. The number of hydrogen-bond acceptors (Lipinski definition) is 11.